The van der Waals surface area contributed by atoms with E-state index in [-0.39, 0.29) is 87.4 Å². The number of carbonyl (C=O) groups is 11. The summed E-state index contributed by atoms with van der Waals surface area (Å²) in [5.41, 5.74) is 36.0. The number of carbonyl (C=O) groups excluding carboxylic acids is 11. The largest absolute Gasteiger partial charge is 0.508 e. The van der Waals surface area contributed by atoms with Crippen LogP contribution < -0.4 is 76.9 Å². The highest BCUT2D eigenvalue weighted by Crippen LogP contribution is 2.21. The van der Waals surface area contributed by atoms with E-state index in [1.165, 1.54) is 57.3 Å². The first-order valence-electron chi connectivity index (χ1n) is 32.3. The maximum Gasteiger partial charge on any atom is 0.245 e. The number of para-hydroxylation sites is 1. The molecular weight excluding hydrogens is 1270 g/mol. The maximum atomic E-state index is 14.7. The summed E-state index contributed by atoms with van der Waals surface area (Å²) >= 11 is 0. The lowest BCUT2D eigenvalue weighted by Crippen LogP contribution is -2.62. The summed E-state index contributed by atoms with van der Waals surface area (Å²) in [6.45, 7) is 11.1. The van der Waals surface area contributed by atoms with Crippen molar-refractivity contribution in [3.63, 3.8) is 0 Å². The van der Waals surface area contributed by atoms with Gasteiger partial charge in [0.15, 0.2) is 11.9 Å². The fraction of sp³-hybridized carbons (Fsp3) is 0.500. The first-order chi connectivity index (χ1) is 46.1. The first kappa shape index (κ1) is 79.9. The summed E-state index contributed by atoms with van der Waals surface area (Å²) in [5, 5.41) is 52.4. The van der Waals surface area contributed by atoms with Gasteiger partial charge in [-0.1, -0.05) is 77.1 Å². The maximum absolute atomic E-state index is 14.7. The number of phenols is 2. The van der Waals surface area contributed by atoms with Crippen LogP contribution in [0.25, 0.3) is 10.9 Å². The van der Waals surface area contributed by atoms with E-state index in [4.69, 9.17) is 34.4 Å². The highest BCUT2D eigenvalue weighted by Gasteiger charge is 2.39. The summed E-state index contributed by atoms with van der Waals surface area (Å²) in [7, 11) is 1.23. The monoisotopic (exact) mass is 1370 g/mol. The van der Waals surface area contributed by atoms with E-state index in [9.17, 15) is 68.1 Å². The first-order valence-corrected chi connectivity index (χ1v) is 32.3. The van der Waals surface area contributed by atoms with Gasteiger partial charge in [-0.15, -0.1) is 0 Å². The topological polar surface area (TPSA) is 545 Å². The van der Waals surface area contributed by atoms with E-state index in [0.717, 1.165) is 10.5 Å². The number of primary amides is 2. The number of rotatable bonds is 40. The van der Waals surface area contributed by atoms with Crippen molar-refractivity contribution in [1.82, 2.24) is 52.4 Å². The Bertz CT molecular complexity index is 3440. The fourth-order valence-corrected chi connectivity index (χ4v) is 10.5. The van der Waals surface area contributed by atoms with Crippen molar-refractivity contribution in [1.29, 1.82) is 0 Å². The fourth-order valence-electron chi connectivity index (χ4n) is 10.5. The lowest BCUT2D eigenvalue weighted by Gasteiger charge is -2.32. The number of hydrogen-bond acceptors (Lipinski definition) is 16. The predicted octanol–water partition coefficient (Wildman–Crippen LogP) is -2.09. The Morgan fingerprint density at radius 1 is 0.510 bits per heavy atom. The van der Waals surface area contributed by atoms with Crippen LogP contribution in [-0.2, 0) is 72.0 Å². The van der Waals surface area contributed by atoms with Gasteiger partial charge in [0.05, 0.1) is 6.10 Å². The number of benzene rings is 3. The molecule has 0 bridgehead atoms. The molecule has 1 aromatic heterocycles. The Hall–Kier alpha value is -10.5. The lowest BCUT2D eigenvalue weighted by atomic mass is 9.98. The quantitative estimate of drug-likeness (QED) is 0.0129. The SMILES string of the molecule is CC(C)C[C@H](NC(=O)[C@@H](C)Cc1ccc(O)cc1)C(=O)N[C@@H](C)C(=O)N[C@@H](Cc1c[nH]c2ccccc12)C(=O)N[C@H](C(=O)N[C@H](C(=O)N[C@@H](CCCN=C(N)N)C(=O)N[C@@H](CCC(N)=O)C(=O)N(C)[C@@H](CCCN=C(N)N)C(=O)N[C@@H](Cc1ccc(O)cc1)C(N)=O)[C@@H](C)O)C(C)C. The smallest absolute Gasteiger partial charge is 0.245 e. The molecule has 0 unspecified atom stereocenters. The summed E-state index contributed by atoms with van der Waals surface area (Å²) in [6.07, 6.45) is -0.957. The number of aromatic nitrogens is 1. The number of nitrogens with zero attached hydrogens (tertiary/aromatic N) is 3. The van der Waals surface area contributed by atoms with Gasteiger partial charge in [0.1, 0.15) is 65.9 Å². The second-order valence-corrected chi connectivity index (χ2v) is 25.1. The molecule has 32 nitrogen and oxygen atoms in total. The van der Waals surface area contributed by atoms with Crippen molar-refractivity contribution in [2.45, 2.75) is 173 Å². The Kier molecular flexibility index (Phi) is 31.7. The Labute approximate surface area is 568 Å². The van der Waals surface area contributed by atoms with E-state index in [0.29, 0.717) is 28.5 Å². The van der Waals surface area contributed by atoms with Crippen molar-refractivity contribution >= 4 is 87.8 Å². The number of hydrogen-bond donors (Lipinski definition) is 18. The number of nitrogens with two attached hydrogens (primary N) is 6. The van der Waals surface area contributed by atoms with Gasteiger partial charge >= 0.3 is 0 Å². The molecule has 0 radical (unpaired) electrons. The normalized spacial score (nSPS) is 14.6. The molecule has 0 fully saturated rings. The minimum atomic E-state index is -1.85. The van der Waals surface area contributed by atoms with Crippen molar-refractivity contribution in [3.05, 3.63) is 95.7 Å². The van der Waals surface area contributed by atoms with Crippen LogP contribution in [0.5, 0.6) is 11.5 Å². The molecule has 4 aromatic rings. The third kappa shape index (κ3) is 26.2. The molecule has 0 saturated carbocycles. The molecule has 0 saturated heterocycles. The van der Waals surface area contributed by atoms with E-state index < -0.39 is 150 Å². The summed E-state index contributed by atoms with van der Waals surface area (Å²) in [4.78, 5) is 166. The van der Waals surface area contributed by atoms with Crippen LogP contribution >= 0.6 is 0 Å². The van der Waals surface area contributed by atoms with Gasteiger partial charge in [-0.2, -0.15) is 0 Å². The molecule has 32 heteroatoms. The number of aromatic hydroxyl groups is 2. The summed E-state index contributed by atoms with van der Waals surface area (Å²) in [6, 6.07) is 6.28. The van der Waals surface area contributed by atoms with Crippen molar-refractivity contribution in [3.8, 4) is 11.5 Å². The second kappa shape index (κ2) is 38.9. The number of guanidine groups is 2. The Morgan fingerprint density at radius 3 is 1.56 bits per heavy atom. The lowest BCUT2D eigenvalue weighted by molar-refractivity contribution is -0.143. The van der Waals surface area contributed by atoms with Gasteiger partial charge in [0.25, 0.3) is 0 Å². The molecular formula is C66H98N18O14. The molecule has 0 aliphatic rings. The third-order valence-corrected chi connectivity index (χ3v) is 16.0. The number of aromatic amines is 1. The van der Waals surface area contributed by atoms with Crippen LogP contribution in [0.4, 0.5) is 0 Å². The number of likely N-dealkylation sites (N-methyl/N-ethyl adjacent to an activating group) is 1. The highest BCUT2D eigenvalue weighted by molar-refractivity contribution is 5.99. The zero-order valence-electron chi connectivity index (χ0n) is 56.6. The molecule has 11 atom stereocenters. The van der Waals surface area contributed by atoms with Crippen LogP contribution in [0.1, 0.15) is 110 Å². The summed E-state index contributed by atoms with van der Waals surface area (Å²) in [5.74, 6) is -11.5. The number of H-pyrrole nitrogens is 1. The molecule has 11 amide bonds. The average Bonchev–Trinajstić information content (AvgIpc) is 1.50. The zero-order valence-corrected chi connectivity index (χ0v) is 56.6. The summed E-state index contributed by atoms with van der Waals surface area (Å²) < 4.78 is 0. The van der Waals surface area contributed by atoms with Gasteiger partial charge in [-0.05, 0) is 118 Å². The molecule has 0 aliphatic carbocycles. The second-order valence-electron chi connectivity index (χ2n) is 25.1. The Balaban J connectivity index is 1.60. The Morgan fingerprint density at radius 2 is 1.01 bits per heavy atom. The van der Waals surface area contributed by atoms with Crippen LogP contribution in [0, 0.1) is 17.8 Å². The zero-order chi connectivity index (χ0) is 73.1. The number of aliphatic hydroxyl groups excluding tert-OH is 1. The van der Waals surface area contributed by atoms with Crippen molar-refractivity contribution in [2.75, 3.05) is 20.1 Å². The molecule has 0 spiro atoms. The molecule has 98 heavy (non-hydrogen) atoms. The van der Waals surface area contributed by atoms with Gasteiger partial charge in [-0.25, -0.2) is 0 Å². The predicted molar refractivity (Wildman–Crippen MR) is 366 cm³/mol. The molecule has 4 rings (SSSR count). The minimum absolute atomic E-state index is 0.00267. The van der Waals surface area contributed by atoms with Gasteiger partial charge in [0.2, 0.25) is 65.0 Å². The number of phenolic OH excluding ortho intramolecular Hbond substituents is 2. The number of nitrogens with one attached hydrogen (secondary N) is 9. The van der Waals surface area contributed by atoms with E-state index in [2.05, 4.69) is 57.5 Å². The number of fused-ring (bicyclic) bond motifs is 1. The van der Waals surface area contributed by atoms with Gasteiger partial charge in [-0.3, -0.25) is 62.7 Å². The average molecular weight is 1370 g/mol. The van der Waals surface area contributed by atoms with E-state index in [1.807, 2.05) is 13.8 Å². The van der Waals surface area contributed by atoms with Gasteiger partial charge in [0, 0.05) is 62.4 Å². The standard InChI is InChI=1S/C66H98N18O14/c1-34(2)29-49(80-56(90)36(5)30-39-17-21-42(86)22-18-39)59(93)76-37(6)57(91)81-50(32-41-33-75-45-14-10-9-13-44(41)45)60(94)82-53(35(3)4)62(96)83-54(38(7)85)63(97)77-46(15-11-27-73-65(69)70)58(92)78-47(25-26-52(67)88)64(98)84(8)51(16-12-28-74-66(71)72)61(95)79-48(55(68)89)31-40-19-23-43(87)24-20-40/h9-10,13-14,17-24,33-38,46-51,53-54,75,85-87H,11-12,15-16,25-32H2,1-8H3,(H2,67,88)(H2,68,89)(H,76,93)(H,77,97)(H,78,92)(H,79,95)(H,80,90)(H,81,91)(H,82,94)(H,83,96)(H4,69,70,73)(H4,71,72,74)/t36-,37-,38+,46-,47-,48-,49-,50-,51-,53-,54-/m0/s1. The molecule has 3 aromatic carbocycles. The van der Waals surface area contributed by atoms with Crippen LogP contribution in [0.2, 0.25) is 0 Å². The molecule has 24 N–H and O–H groups in total. The van der Waals surface area contributed by atoms with Crippen LogP contribution in [-0.4, -0.2) is 183 Å². The van der Waals surface area contributed by atoms with Crippen LogP contribution in [0.3, 0.4) is 0 Å². The van der Waals surface area contributed by atoms with Crippen molar-refractivity contribution < 1.29 is 68.1 Å². The third-order valence-electron chi connectivity index (χ3n) is 16.0. The minimum Gasteiger partial charge on any atom is -0.508 e. The molecule has 536 valence electrons. The molecule has 0 aliphatic heterocycles. The highest BCUT2D eigenvalue weighted by atomic mass is 16.3. The van der Waals surface area contributed by atoms with Crippen LogP contribution in [0.15, 0.2) is 89.0 Å². The van der Waals surface area contributed by atoms with Gasteiger partial charge < -0.3 is 102 Å². The number of aliphatic hydroxyl groups is 1. The molecule has 1 heterocycles. The van der Waals surface area contributed by atoms with E-state index >= 15 is 0 Å². The van der Waals surface area contributed by atoms with E-state index in [1.54, 1.807) is 63.4 Å². The number of aliphatic imine (C=N–C) groups is 2. The van der Waals surface area contributed by atoms with Crippen molar-refractivity contribution in [2.24, 2.45) is 62.1 Å². The number of amides is 11.